The highest BCUT2D eigenvalue weighted by molar-refractivity contribution is 5.71. The molecule has 30 nitrogen and oxygen atoms in total. The van der Waals surface area contributed by atoms with E-state index in [2.05, 4.69) is 108 Å². The first-order chi connectivity index (χ1) is 65.8. The van der Waals surface area contributed by atoms with Crippen LogP contribution in [0.1, 0.15) is 31.7 Å². The molecule has 0 saturated carbocycles. The van der Waals surface area contributed by atoms with E-state index in [1.807, 2.05) is 54.9 Å². The molecule has 37 heteroatoms. The van der Waals surface area contributed by atoms with Crippen molar-refractivity contribution < 1.29 is 54.4 Å². The molecule has 4 saturated heterocycles. The fraction of sp³-hybridized carbons (Fsp3) is 0.283. The van der Waals surface area contributed by atoms with E-state index in [1.165, 1.54) is 126 Å². The molecule has 11 aromatic heterocycles. The molecule has 4 aromatic carbocycles. The molecule has 0 spiro atoms. The summed E-state index contributed by atoms with van der Waals surface area (Å²) in [4.78, 5) is 101. The predicted molar refractivity (Wildman–Crippen MR) is 509 cm³/mol. The lowest BCUT2D eigenvalue weighted by Gasteiger charge is -2.36. The number of piperidine rings is 1. The van der Waals surface area contributed by atoms with E-state index >= 15 is 0 Å². The van der Waals surface area contributed by atoms with Gasteiger partial charge in [-0.3, -0.25) is 46.0 Å². The topological polar surface area (TPSA) is 295 Å². The number of hydrogen-bond acceptors (Lipinski definition) is 25. The molecular weight excluding hydrogens is 1760 g/mol. The zero-order chi connectivity index (χ0) is 95.5. The number of fused-ring (bicyclic) bond motifs is 5. The SMILES string of the molecule is COc1c(F)cc(-c2cc(=O)n3cc(N4CCNCC4)ccc3n2)cc1F.COc1c(F)cc(-c2cc(=O)n3cc(N4CCN[C@@H](C)C4)ccc3n2)cc1F.COc1ccc(-c2cc(=O)n3cc(C4=CCNCC4)ccc3n2)cc1F.COc1ccc(-c2cc(=O)n3cc(N4CCC(N(C)C)CC4)ccc3n2)cc1F.COc1ncc(-c2cc(=O)n3cc(N4CCNCC4)ccc3n2)cc1F. The molecule has 0 aliphatic carbocycles. The third kappa shape index (κ3) is 21.3. The van der Waals surface area contributed by atoms with Crippen LogP contribution in [0.3, 0.4) is 0 Å². The first-order valence-corrected chi connectivity index (χ1v) is 44.1. The van der Waals surface area contributed by atoms with E-state index in [4.69, 9.17) is 18.9 Å². The molecule has 0 unspecified atom stereocenters. The number of ether oxygens (including phenoxy) is 5. The number of hydrogen-bond donors (Lipinski definition) is 4. The van der Waals surface area contributed by atoms with E-state index in [9.17, 15) is 54.7 Å². The molecule has 5 aliphatic heterocycles. The van der Waals surface area contributed by atoms with Crippen LogP contribution in [0.4, 0.5) is 53.5 Å². The Kier molecular flexibility index (Phi) is 29.2. The van der Waals surface area contributed by atoms with Crippen LogP contribution >= 0.6 is 0 Å². The molecule has 0 amide bonds. The molecular formula is C99H99F7N20O10. The first kappa shape index (κ1) is 94.3. The van der Waals surface area contributed by atoms with Gasteiger partial charge >= 0.3 is 0 Å². The van der Waals surface area contributed by atoms with Crippen molar-refractivity contribution in [1.82, 2.24) is 78.1 Å². The molecule has 1 atom stereocenters. The Morgan fingerprint density at radius 3 is 1.07 bits per heavy atom. The van der Waals surface area contributed by atoms with Gasteiger partial charge in [0, 0.05) is 199 Å². The van der Waals surface area contributed by atoms with Crippen molar-refractivity contribution in [3.05, 3.63) is 299 Å². The standard InChI is InChI=1S/C22H25FN4O2.C20H20F2N4O2.C20H18FN3O2.C19H18F2N4O2.C18H18FN5O2/c1-25(2)16-8-10-26(11-9-16)17-5-7-21-24-19(13-22(28)27(21)14-17)15-4-6-20(29-3)18(23)12-15;1-12-10-25(6-5-23-12)14-3-4-18-24-17(9-19(27)26(18)11-14)13-7-15(21)20(28-2)16(22)8-13;1-26-18-4-2-14(10-16(18)21)17-11-20(25)24-12-15(3-5-19(24)23-17)13-6-8-22-9-7-13;1-27-19-14(20)8-12(9-15(19)21)16-10-18(26)25-11-13(2-3-17(25)23-16)24-6-4-22-5-7-24;1-26-18-14(19)8-12(10-21-18)15-9-17(25)24-11-13(2-3-16(24)22-15)23-6-4-20-5-7-23/h4-7,12-14,16H,8-11H2,1-3H3;3-4,7-9,11-12,23H,5-6,10H2,1-2H3;2-6,10-12,22H,7-9H2,1H3;2-3,8-11,22H,4-7H2,1H3;2-3,8-11,20H,4-7H2,1H3/t;12-;;;/m.0.../s1. The number of methoxy groups -OCH3 is 5. The summed E-state index contributed by atoms with van der Waals surface area (Å²) in [6.07, 6.45) is 15.7. The summed E-state index contributed by atoms with van der Waals surface area (Å²) in [6, 6.07) is 41.2. The normalized spacial score (nSPS) is 15.2. The lowest BCUT2D eigenvalue weighted by molar-refractivity contribution is 0.249. The summed E-state index contributed by atoms with van der Waals surface area (Å²) in [6.45, 7) is 15.5. The molecule has 4 fully saturated rings. The van der Waals surface area contributed by atoms with Gasteiger partial charge in [0.05, 0.1) is 86.8 Å². The summed E-state index contributed by atoms with van der Waals surface area (Å²) < 4.78 is 129. The number of nitrogens with zero attached hydrogens (tertiary/aromatic N) is 16. The van der Waals surface area contributed by atoms with Crippen LogP contribution in [-0.4, -0.2) is 217 Å². The minimum absolute atomic E-state index is 0.0908. The Morgan fingerprint density at radius 1 is 0.353 bits per heavy atom. The molecule has 0 radical (unpaired) electrons. The van der Waals surface area contributed by atoms with Crippen LogP contribution in [0.5, 0.6) is 28.9 Å². The van der Waals surface area contributed by atoms with Crippen LogP contribution in [0.15, 0.2) is 225 Å². The summed E-state index contributed by atoms with van der Waals surface area (Å²) in [5.74, 6) is -5.64. The molecule has 20 rings (SSSR count). The number of piperazine rings is 3. The third-order valence-corrected chi connectivity index (χ3v) is 24.1. The number of rotatable bonds is 16. The van der Waals surface area contributed by atoms with Crippen molar-refractivity contribution >= 4 is 56.6 Å². The van der Waals surface area contributed by atoms with E-state index in [1.54, 1.807) is 53.3 Å². The molecule has 136 heavy (non-hydrogen) atoms. The van der Waals surface area contributed by atoms with Gasteiger partial charge in [-0.25, -0.2) is 60.6 Å². The maximum atomic E-state index is 14.0. The molecule has 704 valence electrons. The molecule has 4 N–H and O–H groups in total. The molecule has 5 aliphatic rings. The number of aromatic nitrogens is 11. The zero-order valence-corrected chi connectivity index (χ0v) is 75.8. The highest BCUT2D eigenvalue weighted by atomic mass is 19.2. The van der Waals surface area contributed by atoms with Gasteiger partial charge in [-0.05, 0) is 185 Å². The Labute approximate surface area is 775 Å². The Bertz CT molecular complexity index is 7280. The summed E-state index contributed by atoms with van der Waals surface area (Å²) >= 11 is 0. The Hall–Kier alpha value is -14.9. The van der Waals surface area contributed by atoms with Gasteiger partial charge in [-0.15, -0.1) is 0 Å². The van der Waals surface area contributed by atoms with Gasteiger partial charge in [0.1, 0.15) is 28.2 Å². The number of pyridine rings is 6. The maximum absolute atomic E-state index is 14.0. The van der Waals surface area contributed by atoms with Gasteiger partial charge in [-0.1, -0.05) is 6.08 Å². The van der Waals surface area contributed by atoms with E-state index in [0.29, 0.717) is 74.1 Å². The fourth-order valence-electron chi connectivity index (χ4n) is 16.9. The zero-order valence-electron chi connectivity index (χ0n) is 75.8. The Balaban J connectivity index is 0.000000123. The summed E-state index contributed by atoms with van der Waals surface area (Å²) in [5.41, 5.74) is 10.8. The van der Waals surface area contributed by atoms with Gasteiger partial charge in [0.25, 0.3) is 27.8 Å². The second-order valence-corrected chi connectivity index (χ2v) is 33.0. The van der Waals surface area contributed by atoms with Crippen molar-refractivity contribution in [2.24, 2.45) is 0 Å². The number of benzene rings is 4. The van der Waals surface area contributed by atoms with Crippen LogP contribution in [-0.2, 0) is 0 Å². The molecule has 15 aromatic rings. The van der Waals surface area contributed by atoms with Gasteiger partial charge in [0.2, 0.25) is 5.88 Å². The van der Waals surface area contributed by atoms with Gasteiger partial charge < -0.3 is 69.5 Å². The highest BCUT2D eigenvalue weighted by Crippen LogP contribution is 2.34. The fourth-order valence-corrected chi connectivity index (χ4v) is 16.9. The maximum Gasteiger partial charge on any atom is 0.258 e. The van der Waals surface area contributed by atoms with Crippen molar-refractivity contribution in [2.45, 2.75) is 38.3 Å². The predicted octanol–water partition coefficient (Wildman–Crippen LogP) is 11.7. The van der Waals surface area contributed by atoms with Crippen LogP contribution in [0.25, 0.3) is 90.1 Å². The van der Waals surface area contributed by atoms with E-state index in [0.717, 1.165) is 170 Å². The van der Waals surface area contributed by atoms with E-state index in [-0.39, 0.29) is 67.7 Å². The van der Waals surface area contributed by atoms with Crippen LogP contribution in [0, 0.1) is 40.7 Å². The molecule has 0 bridgehead atoms. The monoisotopic (exact) mass is 1860 g/mol. The average molecular weight is 1860 g/mol. The van der Waals surface area contributed by atoms with Crippen LogP contribution < -0.4 is 92.3 Å². The quantitative estimate of drug-likeness (QED) is 0.0654. The lowest BCUT2D eigenvalue weighted by Crippen LogP contribution is -2.49. The average Bonchev–Trinajstić information content (AvgIpc) is 0.788. The second-order valence-electron chi connectivity index (χ2n) is 33.0. The minimum atomic E-state index is -0.845. The summed E-state index contributed by atoms with van der Waals surface area (Å²) in [7, 11) is 10.8. The van der Waals surface area contributed by atoms with Crippen molar-refractivity contribution in [3.8, 4) is 85.2 Å². The largest absolute Gasteiger partial charge is 0.494 e. The number of anilines is 4. The minimum Gasteiger partial charge on any atom is -0.494 e. The Morgan fingerprint density at radius 2 is 0.706 bits per heavy atom. The number of halogens is 7. The van der Waals surface area contributed by atoms with E-state index < -0.39 is 52.2 Å². The van der Waals surface area contributed by atoms with Gasteiger partial charge in [0.15, 0.2) is 63.7 Å². The smallest absolute Gasteiger partial charge is 0.258 e. The first-order valence-electron chi connectivity index (χ1n) is 44.1. The van der Waals surface area contributed by atoms with Crippen molar-refractivity contribution in [3.63, 3.8) is 0 Å². The second kappa shape index (κ2) is 42.1. The number of nitrogens with one attached hydrogen (secondary N) is 4. The lowest BCUT2D eigenvalue weighted by atomic mass is 10.0. The van der Waals surface area contributed by atoms with Gasteiger partial charge in [-0.2, -0.15) is 0 Å². The van der Waals surface area contributed by atoms with Crippen molar-refractivity contribution in [1.29, 1.82) is 0 Å². The third-order valence-electron chi connectivity index (χ3n) is 24.1. The summed E-state index contributed by atoms with van der Waals surface area (Å²) in [5, 5.41) is 13.2. The van der Waals surface area contributed by atoms with Crippen molar-refractivity contribution in [2.75, 3.05) is 167 Å². The highest BCUT2D eigenvalue weighted by Gasteiger charge is 2.26. The molecule has 16 heterocycles. The van der Waals surface area contributed by atoms with Crippen LogP contribution in [0.2, 0.25) is 0 Å².